The van der Waals surface area contributed by atoms with E-state index in [-0.39, 0.29) is 18.2 Å². The first-order chi connectivity index (χ1) is 10.1. The Morgan fingerprint density at radius 1 is 1.48 bits per heavy atom. The standard InChI is InChI=1S/C14H16N4O2S/c1-9-12(14(20)18-16-9)7-13(19)17-15-8-10-3-5-11(21-2)6-4-10/h3-6,8,12H,7H2,1-2H3,(H,17,19)(H,18,20)/b15-8-/t12-/m0/s1. The number of carbonyl (C=O) groups excluding carboxylic acids is 2. The van der Waals surface area contributed by atoms with Gasteiger partial charge in [0.1, 0.15) is 0 Å². The van der Waals surface area contributed by atoms with Gasteiger partial charge in [0, 0.05) is 17.0 Å². The highest BCUT2D eigenvalue weighted by molar-refractivity contribution is 7.98. The highest BCUT2D eigenvalue weighted by atomic mass is 32.2. The summed E-state index contributed by atoms with van der Waals surface area (Å²) in [7, 11) is 0. The van der Waals surface area contributed by atoms with E-state index in [1.807, 2.05) is 30.5 Å². The zero-order valence-corrected chi connectivity index (χ0v) is 12.6. The molecule has 0 unspecified atom stereocenters. The largest absolute Gasteiger partial charge is 0.273 e. The summed E-state index contributed by atoms with van der Waals surface area (Å²) in [6, 6.07) is 7.80. The van der Waals surface area contributed by atoms with Gasteiger partial charge in [-0.15, -0.1) is 11.8 Å². The molecule has 0 fully saturated rings. The lowest BCUT2D eigenvalue weighted by Gasteiger charge is -2.05. The van der Waals surface area contributed by atoms with Gasteiger partial charge in [0.05, 0.1) is 12.1 Å². The molecule has 0 aromatic heterocycles. The highest BCUT2D eigenvalue weighted by Gasteiger charge is 2.28. The van der Waals surface area contributed by atoms with Crippen molar-refractivity contribution in [1.82, 2.24) is 10.9 Å². The normalized spacial score (nSPS) is 17.7. The van der Waals surface area contributed by atoms with Crippen LogP contribution in [0, 0.1) is 5.92 Å². The Hall–Kier alpha value is -2.15. The van der Waals surface area contributed by atoms with Gasteiger partial charge in [-0.1, -0.05) is 12.1 Å². The molecular weight excluding hydrogens is 288 g/mol. The molecule has 110 valence electrons. The number of nitrogens with one attached hydrogen (secondary N) is 2. The molecule has 0 aliphatic carbocycles. The van der Waals surface area contributed by atoms with E-state index in [2.05, 4.69) is 21.1 Å². The lowest BCUT2D eigenvalue weighted by Crippen LogP contribution is -2.29. The van der Waals surface area contributed by atoms with Gasteiger partial charge in [-0.05, 0) is 30.9 Å². The van der Waals surface area contributed by atoms with Crippen molar-refractivity contribution < 1.29 is 9.59 Å². The minimum Gasteiger partial charge on any atom is -0.273 e. The fourth-order valence-electron chi connectivity index (χ4n) is 1.83. The molecule has 0 spiro atoms. The van der Waals surface area contributed by atoms with E-state index in [1.54, 1.807) is 24.9 Å². The van der Waals surface area contributed by atoms with Crippen LogP contribution in [0.5, 0.6) is 0 Å². The van der Waals surface area contributed by atoms with Crippen LogP contribution >= 0.6 is 11.8 Å². The van der Waals surface area contributed by atoms with Crippen molar-refractivity contribution in [2.45, 2.75) is 18.2 Å². The van der Waals surface area contributed by atoms with Gasteiger partial charge >= 0.3 is 0 Å². The SMILES string of the molecule is CSc1ccc(/C=N\NC(=O)C[C@@H]2C(=O)NN=C2C)cc1. The Morgan fingerprint density at radius 3 is 2.76 bits per heavy atom. The van der Waals surface area contributed by atoms with E-state index in [4.69, 9.17) is 0 Å². The fraction of sp³-hybridized carbons (Fsp3) is 0.286. The van der Waals surface area contributed by atoms with E-state index >= 15 is 0 Å². The second-order valence-corrected chi connectivity index (χ2v) is 5.43. The van der Waals surface area contributed by atoms with Crippen LogP contribution < -0.4 is 10.9 Å². The number of carbonyl (C=O) groups is 2. The Kier molecular flexibility index (Phi) is 5.10. The van der Waals surface area contributed by atoms with Gasteiger partial charge < -0.3 is 0 Å². The zero-order chi connectivity index (χ0) is 15.2. The van der Waals surface area contributed by atoms with Crippen LogP contribution in [-0.2, 0) is 9.59 Å². The highest BCUT2D eigenvalue weighted by Crippen LogP contribution is 2.14. The predicted molar refractivity (Wildman–Crippen MR) is 83.3 cm³/mol. The average Bonchev–Trinajstić information content (AvgIpc) is 2.80. The van der Waals surface area contributed by atoms with Gasteiger partial charge in [-0.25, -0.2) is 10.9 Å². The second-order valence-electron chi connectivity index (χ2n) is 4.55. The predicted octanol–water partition coefficient (Wildman–Crippen LogP) is 1.37. The van der Waals surface area contributed by atoms with Crippen molar-refractivity contribution in [2.75, 3.05) is 6.26 Å². The Morgan fingerprint density at radius 2 is 2.19 bits per heavy atom. The molecule has 2 amide bonds. The van der Waals surface area contributed by atoms with Gasteiger partial charge in [-0.3, -0.25) is 9.59 Å². The summed E-state index contributed by atoms with van der Waals surface area (Å²) >= 11 is 1.66. The van der Waals surface area contributed by atoms with Gasteiger partial charge in [0.25, 0.3) is 0 Å². The Labute approximate surface area is 127 Å². The van der Waals surface area contributed by atoms with Crippen molar-refractivity contribution in [2.24, 2.45) is 16.1 Å². The lowest BCUT2D eigenvalue weighted by atomic mass is 10.0. The zero-order valence-electron chi connectivity index (χ0n) is 11.8. The van der Waals surface area contributed by atoms with Crippen LogP contribution in [0.2, 0.25) is 0 Å². The minimum atomic E-state index is -0.499. The molecule has 2 rings (SSSR count). The molecule has 0 saturated heterocycles. The number of hydrogen-bond donors (Lipinski definition) is 2. The third-order valence-corrected chi connectivity index (χ3v) is 3.81. The summed E-state index contributed by atoms with van der Waals surface area (Å²) in [6.45, 7) is 1.71. The number of hydrazone groups is 2. The second kappa shape index (κ2) is 7.03. The van der Waals surface area contributed by atoms with Crippen LogP contribution in [0.25, 0.3) is 0 Å². The van der Waals surface area contributed by atoms with Crippen molar-refractivity contribution in [1.29, 1.82) is 0 Å². The molecule has 1 atom stereocenters. The molecule has 0 radical (unpaired) electrons. The average molecular weight is 304 g/mol. The summed E-state index contributed by atoms with van der Waals surface area (Å²) in [5.74, 6) is -1.07. The lowest BCUT2D eigenvalue weighted by molar-refractivity contribution is -0.127. The quantitative estimate of drug-likeness (QED) is 0.489. The number of rotatable bonds is 5. The maximum Gasteiger partial charge on any atom is 0.249 e. The fourth-order valence-corrected chi connectivity index (χ4v) is 2.24. The number of nitrogens with zero attached hydrogens (tertiary/aromatic N) is 2. The maximum atomic E-state index is 11.7. The molecule has 1 aliphatic rings. The Bertz CT molecular complexity index is 595. The summed E-state index contributed by atoms with van der Waals surface area (Å²) in [5.41, 5.74) is 6.27. The molecule has 0 bridgehead atoms. The number of benzene rings is 1. The van der Waals surface area contributed by atoms with Crippen LogP contribution in [-0.4, -0.2) is 30.0 Å². The third kappa shape index (κ3) is 4.16. The summed E-state index contributed by atoms with van der Waals surface area (Å²) in [6.07, 6.45) is 3.62. The van der Waals surface area contributed by atoms with E-state index in [1.165, 1.54) is 0 Å². The van der Waals surface area contributed by atoms with Gasteiger partial charge in [-0.2, -0.15) is 10.2 Å². The van der Waals surface area contributed by atoms with Crippen molar-refractivity contribution in [3.8, 4) is 0 Å². The molecule has 0 saturated carbocycles. The molecule has 2 N–H and O–H groups in total. The van der Waals surface area contributed by atoms with Crippen LogP contribution in [0.4, 0.5) is 0 Å². The molecule has 6 nitrogen and oxygen atoms in total. The topological polar surface area (TPSA) is 82.9 Å². The summed E-state index contributed by atoms with van der Waals surface area (Å²) in [4.78, 5) is 24.3. The molecule has 21 heavy (non-hydrogen) atoms. The summed E-state index contributed by atoms with van der Waals surface area (Å²) in [5, 5.41) is 7.68. The maximum absolute atomic E-state index is 11.7. The Balaban J connectivity index is 1.84. The van der Waals surface area contributed by atoms with Crippen LogP contribution in [0.1, 0.15) is 18.9 Å². The molecule has 1 heterocycles. The van der Waals surface area contributed by atoms with Crippen LogP contribution in [0.15, 0.2) is 39.4 Å². The third-order valence-electron chi connectivity index (χ3n) is 3.07. The van der Waals surface area contributed by atoms with E-state index in [9.17, 15) is 9.59 Å². The smallest absolute Gasteiger partial charge is 0.249 e. The number of hydrogen-bond acceptors (Lipinski definition) is 5. The van der Waals surface area contributed by atoms with Crippen molar-refractivity contribution in [3.63, 3.8) is 0 Å². The minimum absolute atomic E-state index is 0.0456. The number of amides is 2. The first-order valence-electron chi connectivity index (χ1n) is 6.40. The molecule has 1 aromatic carbocycles. The molecule has 1 aliphatic heterocycles. The number of thioether (sulfide) groups is 1. The van der Waals surface area contributed by atoms with Crippen LogP contribution in [0.3, 0.4) is 0 Å². The van der Waals surface area contributed by atoms with Gasteiger partial charge in [0.2, 0.25) is 11.8 Å². The van der Waals surface area contributed by atoms with E-state index in [0.717, 1.165) is 10.5 Å². The first-order valence-corrected chi connectivity index (χ1v) is 7.62. The van der Waals surface area contributed by atoms with E-state index < -0.39 is 5.92 Å². The van der Waals surface area contributed by atoms with Gasteiger partial charge in [0.15, 0.2) is 0 Å². The van der Waals surface area contributed by atoms with Crippen molar-refractivity contribution >= 4 is 35.5 Å². The van der Waals surface area contributed by atoms with Crippen molar-refractivity contribution in [3.05, 3.63) is 29.8 Å². The monoisotopic (exact) mass is 304 g/mol. The molecular formula is C14H16N4O2S. The first kappa shape index (κ1) is 15.2. The molecule has 1 aromatic rings. The summed E-state index contributed by atoms with van der Waals surface area (Å²) < 4.78 is 0. The van der Waals surface area contributed by atoms with E-state index in [0.29, 0.717) is 5.71 Å². The molecule has 7 heteroatoms.